The van der Waals surface area contributed by atoms with E-state index in [1.165, 1.54) is 0 Å². The van der Waals surface area contributed by atoms with Crippen molar-refractivity contribution in [3.05, 3.63) is 35.9 Å². The third kappa shape index (κ3) is 3.81. The fourth-order valence-corrected chi connectivity index (χ4v) is 1.92. The number of hydrogen-bond acceptors (Lipinski definition) is 3. The van der Waals surface area contributed by atoms with Gasteiger partial charge in [-0.3, -0.25) is 9.59 Å². The van der Waals surface area contributed by atoms with Crippen molar-refractivity contribution >= 4 is 11.8 Å². The van der Waals surface area contributed by atoms with E-state index in [0.29, 0.717) is 12.6 Å². The van der Waals surface area contributed by atoms with E-state index in [0.717, 1.165) is 18.4 Å². The first-order valence-corrected chi connectivity index (χ1v) is 6.92. The van der Waals surface area contributed by atoms with Crippen LogP contribution in [-0.2, 0) is 15.1 Å². The second-order valence-electron chi connectivity index (χ2n) is 5.42. The molecule has 108 valence electrons. The summed E-state index contributed by atoms with van der Waals surface area (Å²) in [4.78, 5) is 23.6. The molecule has 1 aliphatic carbocycles. The van der Waals surface area contributed by atoms with Gasteiger partial charge in [-0.2, -0.15) is 0 Å². The van der Waals surface area contributed by atoms with E-state index in [-0.39, 0.29) is 18.2 Å². The van der Waals surface area contributed by atoms with Crippen LogP contribution in [0.25, 0.3) is 0 Å². The molecule has 1 aromatic carbocycles. The quantitative estimate of drug-likeness (QED) is 0.712. The lowest BCUT2D eigenvalue weighted by Crippen LogP contribution is -2.49. The number of amides is 2. The maximum Gasteiger partial charge on any atom is 0.244 e. The molecule has 0 aromatic heterocycles. The Hall–Kier alpha value is -1.88. The van der Waals surface area contributed by atoms with Gasteiger partial charge in [0.25, 0.3) is 0 Å². The van der Waals surface area contributed by atoms with Crippen LogP contribution < -0.4 is 16.4 Å². The van der Waals surface area contributed by atoms with Crippen molar-refractivity contribution in [2.24, 2.45) is 5.73 Å². The van der Waals surface area contributed by atoms with E-state index in [1.807, 2.05) is 30.3 Å². The van der Waals surface area contributed by atoms with E-state index in [4.69, 9.17) is 5.73 Å². The van der Waals surface area contributed by atoms with E-state index in [2.05, 4.69) is 10.6 Å². The highest BCUT2D eigenvalue weighted by molar-refractivity contribution is 5.87. The van der Waals surface area contributed by atoms with Gasteiger partial charge in [-0.1, -0.05) is 30.3 Å². The van der Waals surface area contributed by atoms with E-state index < -0.39 is 5.54 Å². The number of nitrogens with one attached hydrogen (secondary N) is 2. The highest BCUT2D eigenvalue weighted by Crippen LogP contribution is 2.19. The number of hydrogen-bond donors (Lipinski definition) is 3. The first kappa shape index (κ1) is 14.5. The van der Waals surface area contributed by atoms with E-state index >= 15 is 0 Å². The summed E-state index contributed by atoms with van der Waals surface area (Å²) in [6, 6.07) is 9.55. The topological polar surface area (TPSA) is 84.2 Å². The molecule has 0 aliphatic heterocycles. The Morgan fingerprint density at radius 2 is 1.95 bits per heavy atom. The fourth-order valence-electron chi connectivity index (χ4n) is 1.92. The normalized spacial score (nSPS) is 17.1. The number of nitrogens with two attached hydrogens (primary N) is 1. The summed E-state index contributed by atoms with van der Waals surface area (Å²) >= 11 is 0. The molecule has 1 aliphatic rings. The largest absolute Gasteiger partial charge is 0.354 e. The lowest BCUT2D eigenvalue weighted by molar-refractivity contribution is -0.126. The molecule has 20 heavy (non-hydrogen) atoms. The molecule has 2 amide bonds. The Labute approximate surface area is 118 Å². The van der Waals surface area contributed by atoms with Crippen LogP contribution in [0.1, 0.15) is 31.7 Å². The monoisotopic (exact) mass is 275 g/mol. The second-order valence-corrected chi connectivity index (χ2v) is 5.42. The zero-order chi connectivity index (χ0) is 14.6. The smallest absolute Gasteiger partial charge is 0.244 e. The van der Waals surface area contributed by atoms with E-state index in [1.54, 1.807) is 6.92 Å². The maximum atomic E-state index is 12.1. The Morgan fingerprint density at radius 1 is 1.30 bits per heavy atom. The van der Waals surface area contributed by atoms with Crippen molar-refractivity contribution in [2.75, 3.05) is 6.54 Å². The Bertz CT molecular complexity index is 481. The van der Waals surface area contributed by atoms with Crippen LogP contribution >= 0.6 is 0 Å². The number of benzene rings is 1. The molecule has 1 fully saturated rings. The molecule has 5 heteroatoms. The summed E-state index contributed by atoms with van der Waals surface area (Å²) < 4.78 is 0. The Balaban J connectivity index is 1.80. The van der Waals surface area contributed by atoms with Gasteiger partial charge in [-0.05, 0) is 25.3 Å². The fraction of sp³-hybridized carbons (Fsp3) is 0.467. The third-order valence-electron chi connectivity index (χ3n) is 3.43. The summed E-state index contributed by atoms with van der Waals surface area (Å²) in [6.07, 6.45) is 2.41. The van der Waals surface area contributed by atoms with Gasteiger partial charge >= 0.3 is 0 Å². The van der Waals surface area contributed by atoms with Crippen LogP contribution in [-0.4, -0.2) is 24.4 Å². The molecule has 1 aromatic rings. The van der Waals surface area contributed by atoms with Crippen molar-refractivity contribution in [1.29, 1.82) is 0 Å². The molecule has 0 spiro atoms. The molecule has 2 rings (SSSR count). The Morgan fingerprint density at radius 3 is 2.55 bits per heavy atom. The van der Waals surface area contributed by atoms with Crippen molar-refractivity contribution in [3.63, 3.8) is 0 Å². The first-order valence-electron chi connectivity index (χ1n) is 6.92. The van der Waals surface area contributed by atoms with Gasteiger partial charge in [-0.15, -0.1) is 0 Å². The summed E-state index contributed by atoms with van der Waals surface area (Å²) in [7, 11) is 0. The van der Waals surface area contributed by atoms with Gasteiger partial charge in [0.2, 0.25) is 11.8 Å². The van der Waals surface area contributed by atoms with Gasteiger partial charge in [0.15, 0.2) is 0 Å². The van der Waals surface area contributed by atoms with Crippen LogP contribution in [0.3, 0.4) is 0 Å². The average Bonchev–Trinajstić information content (AvgIpc) is 3.23. The molecule has 1 atom stereocenters. The molecule has 0 heterocycles. The molecule has 5 nitrogen and oxygen atoms in total. The van der Waals surface area contributed by atoms with Gasteiger partial charge in [0.1, 0.15) is 5.54 Å². The predicted molar refractivity (Wildman–Crippen MR) is 76.8 cm³/mol. The first-order chi connectivity index (χ1) is 9.50. The molecule has 0 saturated heterocycles. The van der Waals surface area contributed by atoms with Crippen LogP contribution in [0.2, 0.25) is 0 Å². The van der Waals surface area contributed by atoms with Crippen LogP contribution in [0.5, 0.6) is 0 Å². The van der Waals surface area contributed by atoms with Crippen LogP contribution in [0.4, 0.5) is 0 Å². The third-order valence-corrected chi connectivity index (χ3v) is 3.43. The van der Waals surface area contributed by atoms with Gasteiger partial charge in [0, 0.05) is 19.0 Å². The van der Waals surface area contributed by atoms with Gasteiger partial charge < -0.3 is 16.4 Å². The summed E-state index contributed by atoms with van der Waals surface area (Å²) in [5.41, 5.74) is 5.74. The molecular formula is C15H21N3O2. The van der Waals surface area contributed by atoms with Crippen molar-refractivity contribution < 1.29 is 9.59 Å². The average molecular weight is 275 g/mol. The SMILES string of the molecule is CC(N)(C(=O)NCCC(=O)NC1CC1)c1ccccc1. The number of carbonyl (C=O) groups is 2. The molecule has 4 N–H and O–H groups in total. The highest BCUT2D eigenvalue weighted by Gasteiger charge is 2.30. The van der Waals surface area contributed by atoms with Crippen molar-refractivity contribution in [3.8, 4) is 0 Å². The minimum atomic E-state index is -1.09. The molecule has 1 saturated carbocycles. The van der Waals surface area contributed by atoms with Crippen LogP contribution in [0, 0.1) is 0 Å². The van der Waals surface area contributed by atoms with Gasteiger partial charge in [-0.25, -0.2) is 0 Å². The van der Waals surface area contributed by atoms with Crippen molar-refractivity contribution in [2.45, 2.75) is 37.8 Å². The lowest BCUT2D eigenvalue weighted by Gasteiger charge is -2.24. The lowest BCUT2D eigenvalue weighted by atomic mass is 9.92. The standard InChI is InChI=1S/C15H21N3O2/c1-15(16,11-5-3-2-4-6-11)14(20)17-10-9-13(19)18-12-7-8-12/h2-6,12H,7-10,16H2,1H3,(H,17,20)(H,18,19). The highest BCUT2D eigenvalue weighted by atomic mass is 16.2. The minimum absolute atomic E-state index is 0.0220. The zero-order valence-electron chi connectivity index (χ0n) is 11.7. The van der Waals surface area contributed by atoms with Gasteiger partial charge in [0.05, 0.1) is 0 Å². The van der Waals surface area contributed by atoms with Crippen molar-refractivity contribution in [1.82, 2.24) is 10.6 Å². The second kappa shape index (κ2) is 6.05. The maximum absolute atomic E-state index is 12.1. The Kier molecular flexibility index (Phi) is 4.39. The van der Waals surface area contributed by atoms with E-state index in [9.17, 15) is 9.59 Å². The molecule has 0 bridgehead atoms. The molecular weight excluding hydrogens is 254 g/mol. The summed E-state index contributed by atoms with van der Waals surface area (Å²) in [6.45, 7) is 1.97. The van der Waals surface area contributed by atoms with Crippen LogP contribution in [0.15, 0.2) is 30.3 Å². The molecule has 1 unspecified atom stereocenters. The summed E-state index contributed by atoms with van der Waals surface area (Å²) in [5, 5.41) is 5.60. The number of carbonyl (C=O) groups excluding carboxylic acids is 2. The summed E-state index contributed by atoms with van der Waals surface area (Å²) in [5.74, 6) is -0.297. The predicted octanol–water partition coefficient (Wildman–Crippen LogP) is 0.645. The molecule has 0 radical (unpaired) electrons. The minimum Gasteiger partial charge on any atom is -0.354 e. The zero-order valence-corrected chi connectivity index (χ0v) is 11.7. The number of rotatable bonds is 6.